The molecule has 0 spiro atoms. The molecule has 2 fully saturated rings. The van der Waals surface area contributed by atoms with E-state index in [1.807, 2.05) is 62.4 Å². The molecule has 0 unspecified atom stereocenters. The number of rotatable bonds is 7. The third-order valence-corrected chi connectivity index (χ3v) is 7.39. The SMILES string of the molecule is Cc1cc(N2CCC(N3CCCC3)CC2)nc2ccc(NC(=O)/C=C/c3ccc(OC(C)C)cc3)cc12. The van der Waals surface area contributed by atoms with E-state index < -0.39 is 0 Å². The number of pyridine rings is 1. The quantitative estimate of drug-likeness (QED) is 0.402. The number of benzene rings is 2. The Morgan fingerprint density at radius 2 is 1.76 bits per heavy atom. The van der Waals surface area contributed by atoms with Gasteiger partial charge in [-0.1, -0.05) is 12.1 Å². The van der Waals surface area contributed by atoms with E-state index in [0.29, 0.717) is 0 Å². The Morgan fingerprint density at radius 1 is 1.03 bits per heavy atom. The van der Waals surface area contributed by atoms with Crippen LogP contribution in [0.25, 0.3) is 17.0 Å². The predicted molar refractivity (Wildman–Crippen MR) is 152 cm³/mol. The summed E-state index contributed by atoms with van der Waals surface area (Å²) >= 11 is 0. The first-order valence-corrected chi connectivity index (χ1v) is 13.6. The number of likely N-dealkylation sites (tertiary alicyclic amines) is 1. The van der Waals surface area contributed by atoms with Gasteiger partial charge in [0, 0.05) is 36.3 Å². The Balaban J connectivity index is 1.21. The minimum Gasteiger partial charge on any atom is -0.491 e. The third-order valence-electron chi connectivity index (χ3n) is 7.39. The van der Waals surface area contributed by atoms with Crippen molar-refractivity contribution in [2.24, 2.45) is 0 Å². The Labute approximate surface area is 220 Å². The maximum Gasteiger partial charge on any atom is 0.248 e. The van der Waals surface area contributed by atoms with Gasteiger partial charge in [-0.15, -0.1) is 0 Å². The number of anilines is 2. The molecule has 0 atom stereocenters. The van der Waals surface area contributed by atoms with E-state index in [4.69, 9.17) is 9.72 Å². The van der Waals surface area contributed by atoms with E-state index in [1.54, 1.807) is 6.08 Å². The van der Waals surface area contributed by atoms with E-state index >= 15 is 0 Å². The molecule has 6 heteroatoms. The summed E-state index contributed by atoms with van der Waals surface area (Å²) in [7, 11) is 0. The van der Waals surface area contributed by atoms with Crippen LogP contribution in [0.5, 0.6) is 5.75 Å². The molecule has 2 saturated heterocycles. The lowest BCUT2D eigenvalue weighted by Crippen LogP contribution is -2.44. The summed E-state index contributed by atoms with van der Waals surface area (Å²) in [5.74, 6) is 1.73. The van der Waals surface area contributed by atoms with Crippen molar-refractivity contribution >= 4 is 34.4 Å². The van der Waals surface area contributed by atoms with Crippen molar-refractivity contribution in [3.63, 3.8) is 0 Å². The minimum atomic E-state index is -0.162. The maximum atomic E-state index is 12.6. The standard InChI is InChI=1S/C31H38N4O2/c1-22(2)37-27-10-6-24(7-11-27)8-13-31(36)32-25-9-12-29-28(21-25)23(3)20-30(33-29)35-18-14-26(15-19-35)34-16-4-5-17-34/h6-13,20-22,26H,4-5,14-19H2,1-3H3,(H,32,36)/b13-8+. The van der Waals surface area contributed by atoms with E-state index in [0.717, 1.165) is 52.9 Å². The average Bonchev–Trinajstić information content (AvgIpc) is 3.43. The molecule has 0 radical (unpaired) electrons. The molecule has 3 heterocycles. The highest BCUT2D eigenvalue weighted by atomic mass is 16.5. The van der Waals surface area contributed by atoms with E-state index in [1.165, 1.54) is 44.3 Å². The van der Waals surface area contributed by atoms with Gasteiger partial charge < -0.3 is 19.9 Å². The fraction of sp³-hybridized carbons (Fsp3) is 0.419. The Hall–Kier alpha value is -3.38. The van der Waals surface area contributed by atoms with Crippen molar-refractivity contribution in [1.82, 2.24) is 9.88 Å². The molecule has 6 nitrogen and oxygen atoms in total. The smallest absolute Gasteiger partial charge is 0.248 e. The van der Waals surface area contributed by atoms with Gasteiger partial charge in [0.05, 0.1) is 11.6 Å². The van der Waals surface area contributed by atoms with Gasteiger partial charge in [-0.2, -0.15) is 0 Å². The molecule has 2 aromatic carbocycles. The molecule has 2 aliphatic heterocycles. The average molecular weight is 499 g/mol. The van der Waals surface area contributed by atoms with Gasteiger partial charge in [0.1, 0.15) is 11.6 Å². The molecule has 1 N–H and O–H groups in total. The first kappa shape index (κ1) is 25.3. The summed E-state index contributed by atoms with van der Waals surface area (Å²) in [5.41, 5.74) is 3.86. The number of nitrogens with zero attached hydrogens (tertiary/aromatic N) is 3. The lowest BCUT2D eigenvalue weighted by molar-refractivity contribution is -0.111. The van der Waals surface area contributed by atoms with Crippen molar-refractivity contribution in [3.8, 4) is 5.75 Å². The molecule has 37 heavy (non-hydrogen) atoms. The van der Waals surface area contributed by atoms with Gasteiger partial charge in [0.25, 0.3) is 0 Å². The number of hydrogen-bond donors (Lipinski definition) is 1. The fourth-order valence-electron chi connectivity index (χ4n) is 5.47. The van der Waals surface area contributed by atoms with Crippen LogP contribution in [-0.2, 0) is 4.79 Å². The third kappa shape index (κ3) is 6.31. The van der Waals surface area contributed by atoms with Crippen LogP contribution in [0.1, 0.15) is 50.7 Å². The van der Waals surface area contributed by atoms with E-state index in [2.05, 4.69) is 28.1 Å². The molecule has 0 saturated carbocycles. The molecule has 1 amide bonds. The van der Waals surface area contributed by atoms with Crippen LogP contribution < -0.4 is 15.0 Å². The van der Waals surface area contributed by atoms with Crippen LogP contribution in [0.15, 0.2) is 54.6 Å². The van der Waals surface area contributed by atoms with Crippen LogP contribution in [-0.4, -0.2) is 54.1 Å². The van der Waals surface area contributed by atoms with Crippen LogP contribution in [0.4, 0.5) is 11.5 Å². The Bertz CT molecular complexity index is 1250. The predicted octanol–water partition coefficient (Wildman–Crippen LogP) is 6.05. The summed E-state index contributed by atoms with van der Waals surface area (Å²) in [6.07, 6.45) is 8.64. The molecule has 1 aromatic heterocycles. The van der Waals surface area contributed by atoms with Crippen molar-refractivity contribution in [3.05, 3.63) is 65.7 Å². The summed E-state index contributed by atoms with van der Waals surface area (Å²) in [4.78, 5) is 22.6. The van der Waals surface area contributed by atoms with Crippen molar-refractivity contribution in [1.29, 1.82) is 0 Å². The highest BCUT2D eigenvalue weighted by molar-refractivity contribution is 6.03. The van der Waals surface area contributed by atoms with Crippen LogP contribution >= 0.6 is 0 Å². The molecule has 0 aliphatic carbocycles. The van der Waals surface area contributed by atoms with Gasteiger partial charge in [0.2, 0.25) is 5.91 Å². The minimum absolute atomic E-state index is 0.136. The number of hydrogen-bond acceptors (Lipinski definition) is 5. The largest absolute Gasteiger partial charge is 0.491 e. The topological polar surface area (TPSA) is 57.7 Å². The number of nitrogens with one attached hydrogen (secondary N) is 1. The zero-order valence-electron chi connectivity index (χ0n) is 22.2. The number of aryl methyl sites for hydroxylation is 1. The van der Waals surface area contributed by atoms with Crippen LogP contribution in [0, 0.1) is 6.92 Å². The second-order valence-electron chi connectivity index (χ2n) is 10.5. The van der Waals surface area contributed by atoms with Crippen molar-refractivity contribution in [2.45, 2.75) is 58.6 Å². The lowest BCUT2D eigenvalue weighted by Gasteiger charge is -2.37. The van der Waals surface area contributed by atoms with Gasteiger partial charge in [-0.05, 0) is 113 Å². The van der Waals surface area contributed by atoms with E-state index in [9.17, 15) is 4.79 Å². The summed E-state index contributed by atoms with van der Waals surface area (Å²) in [6, 6.07) is 16.6. The van der Waals surface area contributed by atoms with Gasteiger partial charge in [-0.3, -0.25) is 4.79 Å². The van der Waals surface area contributed by atoms with Crippen LogP contribution in [0.2, 0.25) is 0 Å². The lowest BCUT2D eigenvalue weighted by atomic mass is 10.0. The Morgan fingerprint density at radius 3 is 2.46 bits per heavy atom. The first-order valence-electron chi connectivity index (χ1n) is 13.6. The van der Waals surface area contributed by atoms with Crippen molar-refractivity contribution < 1.29 is 9.53 Å². The summed E-state index contributed by atoms with van der Waals surface area (Å²) in [5, 5.41) is 4.05. The first-order chi connectivity index (χ1) is 17.9. The van der Waals surface area contributed by atoms with Gasteiger partial charge in [0.15, 0.2) is 0 Å². The second kappa shape index (κ2) is 11.3. The maximum absolute atomic E-state index is 12.6. The molecule has 5 rings (SSSR count). The highest BCUT2D eigenvalue weighted by Gasteiger charge is 2.27. The fourth-order valence-corrected chi connectivity index (χ4v) is 5.47. The number of piperidine rings is 1. The molecule has 194 valence electrons. The molecular weight excluding hydrogens is 460 g/mol. The number of fused-ring (bicyclic) bond motifs is 1. The molecule has 3 aromatic rings. The normalized spacial score (nSPS) is 17.2. The summed E-state index contributed by atoms with van der Waals surface area (Å²) in [6.45, 7) is 10.8. The van der Waals surface area contributed by atoms with Gasteiger partial charge in [-0.25, -0.2) is 4.98 Å². The number of carbonyl (C=O) groups excluding carboxylic acids is 1. The summed E-state index contributed by atoms with van der Waals surface area (Å²) < 4.78 is 5.67. The number of ether oxygens (including phenoxy) is 1. The van der Waals surface area contributed by atoms with E-state index in [-0.39, 0.29) is 12.0 Å². The molecular formula is C31H38N4O2. The van der Waals surface area contributed by atoms with Gasteiger partial charge >= 0.3 is 0 Å². The van der Waals surface area contributed by atoms with Crippen LogP contribution in [0.3, 0.4) is 0 Å². The monoisotopic (exact) mass is 498 g/mol. The Kier molecular flexibility index (Phi) is 7.75. The number of aromatic nitrogens is 1. The molecule has 2 aliphatic rings. The zero-order valence-corrected chi connectivity index (χ0v) is 22.2. The zero-order chi connectivity index (χ0) is 25.8. The number of carbonyl (C=O) groups is 1. The number of amides is 1. The van der Waals surface area contributed by atoms with Crippen molar-refractivity contribution in [2.75, 3.05) is 36.4 Å². The molecule has 0 bridgehead atoms. The second-order valence-corrected chi connectivity index (χ2v) is 10.5. The highest BCUT2D eigenvalue weighted by Crippen LogP contribution is 2.28.